The monoisotopic (exact) mass is 274 g/mol. The number of ether oxygens (including phenoxy) is 1. The van der Waals surface area contributed by atoms with Crippen molar-refractivity contribution in [1.82, 2.24) is 0 Å². The summed E-state index contributed by atoms with van der Waals surface area (Å²) in [6, 6.07) is 2.17. The van der Waals surface area contributed by atoms with E-state index in [1.54, 1.807) is 0 Å². The number of nitrogens with zero attached hydrogens (tertiary/aromatic N) is 1. The van der Waals surface area contributed by atoms with E-state index >= 15 is 0 Å². The van der Waals surface area contributed by atoms with Gasteiger partial charge in [0.2, 0.25) is 0 Å². The van der Waals surface area contributed by atoms with Crippen LogP contribution in [0, 0.1) is 5.53 Å². The maximum absolute atomic E-state index is 11.6. The van der Waals surface area contributed by atoms with E-state index in [4.69, 9.17) is 10.3 Å². The second kappa shape index (κ2) is 5.83. The molecule has 4 heteroatoms. The maximum Gasteiger partial charge on any atom is 0.268 e. The van der Waals surface area contributed by atoms with Crippen molar-refractivity contribution in [1.29, 1.82) is 5.53 Å². The first-order valence-corrected chi connectivity index (χ1v) is 7.11. The molecule has 2 rings (SSSR count). The van der Waals surface area contributed by atoms with Gasteiger partial charge in [-0.2, -0.15) is 0 Å². The molecule has 1 aromatic rings. The fourth-order valence-corrected chi connectivity index (χ4v) is 3.03. The Balaban J connectivity index is 2.65. The molecule has 1 amide bonds. The highest BCUT2D eigenvalue weighted by Gasteiger charge is 2.25. The number of amides is 1. The van der Waals surface area contributed by atoms with Crippen LogP contribution in [0.4, 0.5) is 0 Å². The molecule has 0 bridgehead atoms. The molecule has 0 radical (unpaired) electrons. The normalized spacial score (nSPS) is 13.9. The third-order valence-corrected chi connectivity index (χ3v) is 3.87. The molecule has 0 saturated heterocycles. The summed E-state index contributed by atoms with van der Waals surface area (Å²) in [5.74, 6) is 0.289. The largest absolute Gasteiger partial charge is 0.372 e. The molecule has 0 unspecified atom stereocenters. The van der Waals surface area contributed by atoms with Crippen molar-refractivity contribution in [2.24, 2.45) is 5.11 Å². The van der Waals surface area contributed by atoms with Crippen molar-refractivity contribution >= 4 is 5.91 Å². The first kappa shape index (κ1) is 14.9. The Bertz CT molecular complexity index is 548. The first-order valence-electron chi connectivity index (χ1n) is 7.11. The minimum absolute atomic E-state index is 0.220. The smallest absolute Gasteiger partial charge is 0.268 e. The van der Waals surface area contributed by atoms with E-state index < -0.39 is 0 Å². The van der Waals surface area contributed by atoms with Gasteiger partial charge in [0.15, 0.2) is 0 Å². The molecule has 0 aromatic heterocycles. The molecule has 108 valence electrons. The van der Waals surface area contributed by atoms with Gasteiger partial charge in [0.1, 0.15) is 0 Å². The summed E-state index contributed by atoms with van der Waals surface area (Å²) in [4.78, 5) is 11.6. The zero-order valence-corrected chi connectivity index (χ0v) is 12.6. The molecule has 20 heavy (non-hydrogen) atoms. The lowest BCUT2D eigenvalue weighted by atomic mass is 9.82. The number of hydrogen-bond acceptors (Lipinski definition) is 3. The van der Waals surface area contributed by atoms with Crippen LogP contribution in [0.25, 0.3) is 0 Å². The molecule has 4 nitrogen and oxygen atoms in total. The number of carbonyl (C=O) groups is 1. The molecule has 0 fully saturated rings. The molecule has 0 atom stereocenters. The van der Waals surface area contributed by atoms with Crippen LogP contribution < -0.4 is 0 Å². The highest BCUT2D eigenvalue weighted by molar-refractivity contribution is 5.80. The van der Waals surface area contributed by atoms with Crippen molar-refractivity contribution in [3.63, 3.8) is 0 Å². The fourth-order valence-electron chi connectivity index (χ4n) is 3.03. The zero-order valence-electron chi connectivity index (χ0n) is 12.6. The van der Waals surface area contributed by atoms with Crippen molar-refractivity contribution in [3.05, 3.63) is 33.9 Å². The highest BCUT2D eigenvalue weighted by atomic mass is 16.5. The molecular formula is C16H22N2O2. The summed E-state index contributed by atoms with van der Waals surface area (Å²) in [5, 5.41) is 3.06. The second-order valence-electron chi connectivity index (χ2n) is 5.98. The summed E-state index contributed by atoms with van der Waals surface area (Å²) in [6.07, 6.45) is 0.220. The number of nitrogens with one attached hydrogen (secondary N) is 1. The van der Waals surface area contributed by atoms with Crippen LogP contribution >= 0.6 is 0 Å². The average molecular weight is 274 g/mol. The lowest BCUT2D eigenvalue weighted by molar-refractivity contribution is -0.117. The van der Waals surface area contributed by atoms with Gasteiger partial charge in [0, 0.05) is 0 Å². The summed E-state index contributed by atoms with van der Waals surface area (Å²) >= 11 is 0. The van der Waals surface area contributed by atoms with E-state index in [9.17, 15) is 4.79 Å². The molecule has 0 spiro atoms. The lowest BCUT2D eigenvalue weighted by Gasteiger charge is -2.22. The Kier molecular flexibility index (Phi) is 4.33. The SMILES string of the molecule is CC(C)c1cc2c(c(C(C)C)c1CC(=O)N=N)COC2. The fraction of sp³-hybridized carbons (Fsp3) is 0.562. The topological polar surface area (TPSA) is 62.5 Å². The van der Waals surface area contributed by atoms with Crippen LogP contribution in [0.5, 0.6) is 0 Å². The first-order chi connectivity index (χ1) is 9.45. The Hall–Kier alpha value is -1.55. The van der Waals surface area contributed by atoms with E-state index in [-0.39, 0.29) is 12.3 Å². The summed E-state index contributed by atoms with van der Waals surface area (Å²) in [6.45, 7) is 9.83. The number of rotatable bonds is 4. The summed E-state index contributed by atoms with van der Waals surface area (Å²) in [5.41, 5.74) is 12.9. The van der Waals surface area contributed by atoms with Gasteiger partial charge in [-0.15, -0.1) is 5.11 Å². The Morgan fingerprint density at radius 1 is 1.30 bits per heavy atom. The summed E-state index contributed by atoms with van der Waals surface area (Å²) in [7, 11) is 0. The van der Waals surface area contributed by atoms with Gasteiger partial charge in [-0.25, -0.2) is 5.53 Å². The van der Waals surface area contributed by atoms with E-state index in [1.807, 2.05) is 0 Å². The maximum atomic E-state index is 11.6. The zero-order chi connectivity index (χ0) is 14.9. The molecular weight excluding hydrogens is 252 g/mol. The van der Waals surface area contributed by atoms with E-state index in [1.165, 1.54) is 22.3 Å². The lowest BCUT2D eigenvalue weighted by Crippen LogP contribution is -2.11. The third-order valence-electron chi connectivity index (χ3n) is 3.87. The van der Waals surface area contributed by atoms with E-state index in [2.05, 4.69) is 38.9 Å². The van der Waals surface area contributed by atoms with Crippen LogP contribution in [-0.4, -0.2) is 5.91 Å². The van der Waals surface area contributed by atoms with Gasteiger partial charge in [-0.05, 0) is 39.7 Å². The third kappa shape index (κ3) is 2.66. The van der Waals surface area contributed by atoms with Gasteiger partial charge in [-0.1, -0.05) is 33.8 Å². The van der Waals surface area contributed by atoms with E-state index in [0.29, 0.717) is 25.0 Å². The van der Waals surface area contributed by atoms with Crippen molar-refractivity contribution in [2.75, 3.05) is 0 Å². The number of carbonyl (C=O) groups excluding carboxylic acids is 1. The number of benzene rings is 1. The number of fused-ring (bicyclic) bond motifs is 1. The minimum atomic E-state index is -0.382. The molecule has 0 saturated carbocycles. The van der Waals surface area contributed by atoms with Gasteiger partial charge in [-0.3, -0.25) is 4.79 Å². The summed E-state index contributed by atoms with van der Waals surface area (Å²) < 4.78 is 5.58. The molecule has 1 aliphatic heterocycles. The van der Waals surface area contributed by atoms with Crippen molar-refractivity contribution in [3.8, 4) is 0 Å². The standard InChI is InChI=1S/C16H22N2O2/c1-9(2)12-5-11-7-20-8-14(11)16(10(3)4)13(12)6-15(19)18-17/h5,9-10,17H,6-8H2,1-4H3. The molecule has 0 aliphatic carbocycles. The van der Waals surface area contributed by atoms with Crippen molar-refractivity contribution < 1.29 is 9.53 Å². The Morgan fingerprint density at radius 2 is 2.00 bits per heavy atom. The molecule has 1 heterocycles. The quantitative estimate of drug-likeness (QED) is 0.841. The van der Waals surface area contributed by atoms with Gasteiger partial charge in [0.05, 0.1) is 19.6 Å². The average Bonchev–Trinajstić information content (AvgIpc) is 2.84. The predicted octanol–water partition coefficient (Wildman–Crippen LogP) is 4.06. The van der Waals surface area contributed by atoms with Gasteiger partial charge >= 0.3 is 0 Å². The van der Waals surface area contributed by atoms with Crippen LogP contribution in [0.2, 0.25) is 0 Å². The van der Waals surface area contributed by atoms with Crippen molar-refractivity contribution in [2.45, 2.75) is 59.2 Å². The number of hydrogen-bond donors (Lipinski definition) is 1. The predicted molar refractivity (Wildman–Crippen MR) is 77.0 cm³/mol. The second-order valence-corrected chi connectivity index (χ2v) is 5.98. The Morgan fingerprint density at radius 3 is 2.55 bits per heavy atom. The van der Waals surface area contributed by atoms with Crippen LogP contribution in [0.1, 0.15) is 67.3 Å². The molecule has 1 aromatic carbocycles. The van der Waals surface area contributed by atoms with Crippen LogP contribution in [-0.2, 0) is 29.2 Å². The minimum Gasteiger partial charge on any atom is -0.372 e. The van der Waals surface area contributed by atoms with Crippen LogP contribution in [0.3, 0.4) is 0 Å². The molecule has 1 aliphatic rings. The Labute approximate surface area is 120 Å². The van der Waals surface area contributed by atoms with Gasteiger partial charge < -0.3 is 4.74 Å². The highest BCUT2D eigenvalue weighted by Crippen LogP contribution is 2.37. The van der Waals surface area contributed by atoms with Crippen LogP contribution in [0.15, 0.2) is 11.2 Å². The van der Waals surface area contributed by atoms with Gasteiger partial charge in [0.25, 0.3) is 5.91 Å². The van der Waals surface area contributed by atoms with E-state index in [0.717, 1.165) is 5.56 Å². The molecule has 1 N–H and O–H groups in total.